The van der Waals surface area contributed by atoms with E-state index in [1.165, 1.54) is 25.1 Å². The lowest BCUT2D eigenvalue weighted by molar-refractivity contribution is -0.385. The summed E-state index contributed by atoms with van der Waals surface area (Å²) < 4.78 is 5.53. The number of carbonyl (C=O) groups excluding carboxylic acids is 2. The molecule has 0 bridgehead atoms. The molecule has 7 heteroatoms. The summed E-state index contributed by atoms with van der Waals surface area (Å²) in [6.07, 6.45) is -1.18. The van der Waals surface area contributed by atoms with E-state index in [2.05, 4.69) is 0 Å². The molecular formula is C22H16ClNO5. The van der Waals surface area contributed by atoms with Crippen molar-refractivity contribution >= 4 is 29.0 Å². The van der Waals surface area contributed by atoms with E-state index in [0.29, 0.717) is 21.7 Å². The van der Waals surface area contributed by atoms with E-state index < -0.39 is 17.0 Å². The van der Waals surface area contributed by atoms with E-state index in [4.69, 9.17) is 16.3 Å². The van der Waals surface area contributed by atoms with Crippen molar-refractivity contribution in [1.29, 1.82) is 0 Å². The van der Waals surface area contributed by atoms with Crippen LogP contribution in [0.5, 0.6) is 0 Å². The van der Waals surface area contributed by atoms with Crippen molar-refractivity contribution in [3.63, 3.8) is 0 Å². The highest BCUT2D eigenvalue weighted by Crippen LogP contribution is 2.26. The Labute approximate surface area is 171 Å². The van der Waals surface area contributed by atoms with E-state index >= 15 is 0 Å². The third-order valence-electron chi connectivity index (χ3n) is 4.32. The fraction of sp³-hybridized carbons (Fsp3) is 0.0909. The van der Waals surface area contributed by atoms with Gasteiger partial charge in [-0.1, -0.05) is 54.1 Å². The second-order valence-corrected chi connectivity index (χ2v) is 6.76. The largest absolute Gasteiger partial charge is 0.445 e. The maximum absolute atomic E-state index is 13.0. The Balaban J connectivity index is 1.93. The number of hydrogen-bond acceptors (Lipinski definition) is 5. The minimum absolute atomic E-state index is 0.101. The van der Waals surface area contributed by atoms with E-state index in [1.807, 2.05) is 0 Å². The van der Waals surface area contributed by atoms with Crippen molar-refractivity contribution in [1.82, 2.24) is 0 Å². The van der Waals surface area contributed by atoms with Crippen molar-refractivity contribution < 1.29 is 19.2 Å². The van der Waals surface area contributed by atoms with E-state index in [0.717, 1.165) is 0 Å². The van der Waals surface area contributed by atoms with Crippen LogP contribution in [0.3, 0.4) is 0 Å². The van der Waals surface area contributed by atoms with Gasteiger partial charge in [-0.05, 0) is 31.2 Å². The van der Waals surface area contributed by atoms with Crippen LogP contribution in [0.1, 0.15) is 37.9 Å². The third-order valence-corrected chi connectivity index (χ3v) is 4.58. The van der Waals surface area contributed by atoms with Crippen LogP contribution in [0.2, 0.25) is 5.02 Å². The topological polar surface area (TPSA) is 86.5 Å². The summed E-state index contributed by atoms with van der Waals surface area (Å²) in [5.74, 6) is -1.15. The number of benzene rings is 3. The monoisotopic (exact) mass is 409 g/mol. The summed E-state index contributed by atoms with van der Waals surface area (Å²) in [6, 6.07) is 18.8. The number of aryl methyl sites for hydroxylation is 1. The first kappa shape index (κ1) is 20.2. The standard InChI is InChI=1S/C22H16ClNO5/c1-14-13-17(9-12-19(14)24(27)28)22(26)29-21(16-7-10-18(23)11-8-16)20(25)15-5-3-2-4-6-15/h2-13,21H,1H3/t21-/m0/s1. The van der Waals surface area contributed by atoms with Gasteiger partial charge in [0.15, 0.2) is 6.10 Å². The number of hydrogen-bond donors (Lipinski definition) is 0. The van der Waals surface area contributed by atoms with Gasteiger partial charge in [0.05, 0.1) is 10.5 Å². The first-order valence-corrected chi connectivity index (χ1v) is 9.05. The number of rotatable bonds is 6. The molecule has 0 unspecified atom stereocenters. The molecule has 6 nitrogen and oxygen atoms in total. The van der Waals surface area contributed by atoms with Crippen molar-refractivity contribution in [2.75, 3.05) is 0 Å². The Morgan fingerprint density at radius 1 is 0.966 bits per heavy atom. The molecule has 0 saturated heterocycles. The number of Topliss-reactive ketones (excluding diaryl/α,β-unsaturated/α-hetero) is 1. The normalized spacial score (nSPS) is 11.5. The predicted molar refractivity (Wildman–Crippen MR) is 108 cm³/mol. The van der Waals surface area contributed by atoms with Crippen LogP contribution in [-0.2, 0) is 4.74 Å². The summed E-state index contributed by atoms with van der Waals surface area (Å²) in [5.41, 5.74) is 1.20. The number of ketones is 1. The maximum Gasteiger partial charge on any atom is 0.339 e. The van der Waals surface area contributed by atoms with Gasteiger partial charge >= 0.3 is 5.97 Å². The molecule has 0 amide bonds. The molecule has 3 aromatic carbocycles. The first-order valence-electron chi connectivity index (χ1n) is 8.67. The summed E-state index contributed by atoms with van der Waals surface area (Å²) in [5, 5.41) is 11.5. The number of carbonyl (C=O) groups is 2. The predicted octanol–water partition coefficient (Wildman–Crippen LogP) is 5.34. The van der Waals surface area contributed by atoms with Crippen molar-refractivity contribution in [3.8, 4) is 0 Å². The van der Waals surface area contributed by atoms with Gasteiger partial charge in [0, 0.05) is 27.8 Å². The number of nitro groups is 1. The molecule has 0 aliphatic heterocycles. The minimum Gasteiger partial charge on any atom is -0.445 e. The van der Waals surface area contributed by atoms with Crippen molar-refractivity contribution in [3.05, 3.63) is 110 Å². The molecule has 0 aliphatic rings. The van der Waals surface area contributed by atoms with Gasteiger partial charge in [0.2, 0.25) is 5.78 Å². The Morgan fingerprint density at radius 2 is 1.62 bits per heavy atom. The Kier molecular flexibility index (Phi) is 6.04. The van der Waals surface area contributed by atoms with Crippen LogP contribution in [0.25, 0.3) is 0 Å². The van der Waals surface area contributed by atoms with Crippen LogP contribution < -0.4 is 0 Å². The Hall–Kier alpha value is -3.51. The average molecular weight is 410 g/mol. The lowest BCUT2D eigenvalue weighted by Gasteiger charge is -2.18. The molecule has 146 valence electrons. The highest BCUT2D eigenvalue weighted by molar-refractivity contribution is 6.30. The van der Waals surface area contributed by atoms with Gasteiger partial charge in [0.25, 0.3) is 5.69 Å². The zero-order valence-corrected chi connectivity index (χ0v) is 16.1. The molecule has 0 heterocycles. The van der Waals surface area contributed by atoms with Gasteiger partial charge in [-0.15, -0.1) is 0 Å². The average Bonchev–Trinajstić information content (AvgIpc) is 2.72. The Bertz CT molecular complexity index is 1060. The molecule has 0 radical (unpaired) electrons. The fourth-order valence-corrected chi connectivity index (χ4v) is 2.95. The van der Waals surface area contributed by atoms with Crippen LogP contribution in [0.15, 0.2) is 72.8 Å². The summed E-state index contributed by atoms with van der Waals surface area (Å²) in [4.78, 5) is 36.1. The van der Waals surface area contributed by atoms with Gasteiger partial charge < -0.3 is 4.74 Å². The van der Waals surface area contributed by atoms with Crippen LogP contribution >= 0.6 is 11.6 Å². The second-order valence-electron chi connectivity index (χ2n) is 6.33. The highest BCUT2D eigenvalue weighted by Gasteiger charge is 2.27. The molecule has 0 aliphatic carbocycles. The molecule has 29 heavy (non-hydrogen) atoms. The lowest BCUT2D eigenvalue weighted by Crippen LogP contribution is -2.20. The molecule has 3 aromatic rings. The van der Waals surface area contributed by atoms with Crippen molar-refractivity contribution in [2.24, 2.45) is 0 Å². The molecular weight excluding hydrogens is 394 g/mol. The van der Waals surface area contributed by atoms with Gasteiger partial charge in [-0.25, -0.2) is 4.79 Å². The van der Waals surface area contributed by atoms with Crippen LogP contribution in [0.4, 0.5) is 5.69 Å². The number of nitro benzene ring substituents is 1. The summed E-state index contributed by atoms with van der Waals surface area (Å²) in [7, 11) is 0. The SMILES string of the molecule is Cc1cc(C(=O)O[C@H](C(=O)c2ccccc2)c2ccc(Cl)cc2)ccc1[N+](=O)[O-]. The fourth-order valence-electron chi connectivity index (χ4n) is 2.83. The maximum atomic E-state index is 13.0. The van der Waals surface area contributed by atoms with Gasteiger partial charge in [0.1, 0.15) is 0 Å². The van der Waals surface area contributed by atoms with E-state index in [9.17, 15) is 19.7 Å². The lowest BCUT2D eigenvalue weighted by atomic mass is 9.99. The quantitative estimate of drug-likeness (QED) is 0.237. The molecule has 0 N–H and O–H groups in total. The zero-order valence-electron chi connectivity index (χ0n) is 15.4. The van der Waals surface area contributed by atoms with Crippen LogP contribution in [-0.4, -0.2) is 16.7 Å². The summed E-state index contributed by atoms with van der Waals surface area (Å²) >= 11 is 5.92. The van der Waals surface area contributed by atoms with Crippen molar-refractivity contribution in [2.45, 2.75) is 13.0 Å². The zero-order chi connectivity index (χ0) is 21.0. The number of nitrogens with zero attached hydrogens (tertiary/aromatic N) is 1. The molecule has 3 rings (SSSR count). The molecule has 0 aromatic heterocycles. The van der Waals surface area contributed by atoms with E-state index in [1.54, 1.807) is 54.6 Å². The van der Waals surface area contributed by atoms with E-state index in [-0.39, 0.29) is 17.0 Å². The highest BCUT2D eigenvalue weighted by atomic mass is 35.5. The smallest absolute Gasteiger partial charge is 0.339 e. The molecule has 0 fully saturated rings. The number of ether oxygens (including phenoxy) is 1. The number of esters is 1. The molecule has 1 atom stereocenters. The number of halogens is 1. The molecule has 0 saturated carbocycles. The third kappa shape index (κ3) is 4.67. The van der Waals surface area contributed by atoms with Crippen LogP contribution in [0, 0.1) is 17.0 Å². The summed E-state index contributed by atoms with van der Waals surface area (Å²) in [6.45, 7) is 1.53. The first-order chi connectivity index (χ1) is 13.9. The van der Waals surface area contributed by atoms with Gasteiger partial charge in [-0.2, -0.15) is 0 Å². The minimum atomic E-state index is -1.18. The van der Waals surface area contributed by atoms with Gasteiger partial charge in [-0.3, -0.25) is 14.9 Å². The molecule has 0 spiro atoms. The second kappa shape index (κ2) is 8.67. The Morgan fingerprint density at radius 3 is 2.21 bits per heavy atom.